The van der Waals surface area contributed by atoms with Crippen molar-refractivity contribution in [1.82, 2.24) is 14.8 Å². The lowest BCUT2D eigenvalue weighted by Gasteiger charge is -2.06. The molecule has 0 unspecified atom stereocenters. The summed E-state index contributed by atoms with van der Waals surface area (Å²) in [6.45, 7) is 0.356. The number of H-pyrrole nitrogens is 1. The van der Waals surface area contributed by atoms with E-state index in [9.17, 15) is 9.90 Å². The normalized spacial score (nSPS) is 11.4. The Morgan fingerprint density at radius 1 is 0.909 bits per heavy atom. The van der Waals surface area contributed by atoms with Gasteiger partial charge in [-0.05, 0) is 17.7 Å². The number of fused-ring (bicyclic) bond motifs is 1. The summed E-state index contributed by atoms with van der Waals surface area (Å²) >= 11 is 0. The molecule has 0 bridgehead atoms. The Labute approximate surface area is 190 Å². The fourth-order valence-corrected chi connectivity index (χ4v) is 3.75. The van der Waals surface area contributed by atoms with Crippen LogP contribution in [0.2, 0.25) is 0 Å². The SMILES string of the molecule is O=C(CCn1nc(-c2ccccc2)cc1-c1ccccc1)N=Nc1c(O)[nH]c2ccccc12. The Kier molecular flexibility index (Phi) is 5.51. The number of aromatic amines is 1. The molecule has 0 aliphatic heterocycles. The molecule has 2 heterocycles. The van der Waals surface area contributed by atoms with E-state index in [2.05, 4.69) is 15.2 Å². The molecule has 0 aliphatic rings. The molecular weight excluding hydrogens is 414 g/mol. The van der Waals surface area contributed by atoms with Gasteiger partial charge in [0, 0.05) is 10.9 Å². The summed E-state index contributed by atoms with van der Waals surface area (Å²) in [6, 6.07) is 29.2. The van der Waals surface area contributed by atoms with Gasteiger partial charge in [-0.2, -0.15) is 5.10 Å². The van der Waals surface area contributed by atoms with Gasteiger partial charge in [0.25, 0.3) is 5.91 Å². The molecule has 2 aromatic heterocycles. The first-order valence-electron chi connectivity index (χ1n) is 10.6. The van der Waals surface area contributed by atoms with E-state index in [1.54, 1.807) is 0 Å². The average molecular weight is 435 g/mol. The molecule has 162 valence electrons. The van der Waals surface area contributed by atoms with Crippen molar-refractivity contribution in [2.75, 3.05) is 0 Å². The summed E-state index contributed by atoms with van der Waals surface area (Å²) in [4.78, 5) is 15.3. The van der Waals surface area contributed by atoms with Gasteiger partial charge in [0.05, 0.1) is 29.9 Å². The second-order valence-corrected chi connectivity index (χ2v) is 7.58. The van der Waals surface area contributed by atoms with Crippen LogP contribution < -0.4 is 0 Å². The highest BCUT2D eigenvalue weighted by atomic mass is 16.3. The molecule has 0 spiro atoms. The van der Waals surface area contributed by atoms with Crippen molar-refractivity contribution < 1.29 is 9.90 Å². The van der Waals surface area contributed by atoms with Gasteiger partial charge < -0.3 is 10.1 Å². The Hall–Kier alpha value is -4.52. The third kappa shape index (κ3) is 4.29. The highest BCUT2D eigenvalue weighted by molar-refractivity contribution is 5.94. The summed E-state index contributed by atoms with van der Waals surface area (Å²) < 4.78 is 1.83. The fourth-order valence-electron chi connectivity index (χ4n) is 3.75. The standard InChI is InChI=1S/C26H21N5O2/c32-24(28-29-25-20-13-7-8-14-21(20)27-26(25)33)15-16-31-23(19-11-5-2-6-12-19)17-22(30-31)18-9-3-1-4-10-18/h1-14,17,27,33H,15-16H2. The van der Waals surface area contributed by atoms with Crippen LogP contribution in [0.3, 0.4) is 0 Å². The monoisotopic (exact) mass is 435 g/mol. The topological polar surface area (TPSA) is 95.6 Å². The average Bonchev–Trinajstić information content (AvgIpc) is 3.43. The molecular formula is C26H21N5O2. The lowest BCUT2D eigenvalue weighted by molar-refractivity contribution is -0.118. The lowest BCUT2D eigenvalue weighted by atomic mass is 10.1. The second kappa shape index (κ2) is 8.92. The van der Waals surface area contributed by atoms with Gasteiger partial charge in [0.1, 0.15) is 0 Å². The first-order valence-corrected chi connectivity index (χ1v) is 10.6. The molecule has 1 amide bonds. The number of aromatic hydroxyl groups is 1. The lowest BCUT2D eigenvalue weighted by Crippen LogP contribution is -2.06. The summed E-state index contributed by atoms with van der Waals surface area (Å²) in [7, 11) is 0. The number of aromatic nitrogens is 3. The van der Waals surface area contributed by atoms with Crippen molar-refractivity contribution in [1.29, 1.82) is 0 Å². The third-order valence-corrected chi connectivity index (χ3v) is 5.38. The van der Waals surface area contributed by atoms with Gasteiger partial charge in [-0.25, -0.2) is 0 Å². The largest absolute Gasteiger partial charge is 0.493 e. The molecule has 0 radical (unpaired) electrons. The fraction of sp³-hybridized carbons (Fsp3) is 0.0769. The van der Waals surface area contributed by atoms with Gasteiger partial charge in [-0.3, -0.25) is 9.48 Å². The Balaban J connectivity index is 1.37. The zero-order valence-electron chi connectivity index (χ0n) is 17.7. The molecule has 0 atom stereocenters. The van der Waals surface area contributed by atoms with Gasteiger partial charge >= 0.3 is 0 Å². The van der Waals surface area contributed by atoms with E-state index in [0.29, 0.717) is 11.9 Å². The number of hydrogen-bond donors (Lipinski definition) is 2. The zero-order valence-corrected chi connectivity index (χ0v) is 17.7. The molecule has 0 saturated heterocycles. The van der Waals surface area contributed by atoms with Gasteiger partial charge in [-0.15, -0.1) is 10.2 Å². The third-order valence-electron chi connectivity index (χ3n) is 5.38. The van der Waals surface area contributed by atoms with Crippen LogP contribution in [-0.4, -0.2) is 25.8 Å². The smallest absolute Gasteiger partial charge is 0.266 e. The maximum absolute atomic E-state index is 12.5. The highest BCUT2D eigenvalue weighted by Crippen LogP contribution is 2.35. The number of rotatable bonds is 6. The van der Waals surface area contributed by atoms with E-state index in [-0.39, 0.29) is 18.0 Å². The van der Waals surface area contributed by atoms with E-state index in [4.69, 9.17) is 5.10 Å². The van der Waals surface area contributed by atoms with Crippen molar-refractivity contribution in [3.05, 3.63) is 91.0 Å². The number of para-hydroxylation sites is 1. The number of benzene rings is 3. The number of carbonyl (C=O) groups excluding carboxylic acids is 1. The van der Waals surface area contributed by atoms with Crippen molar-refractivity contribution in [2.24, 2.45) is 10.2 Å². The molecule has 0 aliphatic carbocycles. The van der Waals surface area contributed by atoms with Crippen LogP contribution in [-0.2, 0) is 11.3 Å². The van der Waals surface area contributed by atoms with Gasteiger partial charge in [0.2, 0.25) is 5.88 Å². The van der Waals surface area contributed by atoms with E-state index in [0.717, 1.165) is 28.0 Å². The summed E-state index contributed by atoms with van der Waals surface area (Å²) in [5, 5.41) is 23.4. The molecule has 3 aromatic carbocycles. The maximum atomic E-state index is 12.5. The number of nitrogens with zero attached hydrogens (tertiary/aromatic N) is 4. The quantitative estimate of drug-likeness (QED) is 0.315. The van der Waals surface area contributed by atoms with Crippen LogP contribution in [0.15, 0.2) is 101 Å². The number of amides is 1. The molecule has 7 nitrogen and oxygen atoms in total. The van der Waals surface area contributed by atoms with Crippen molar-refractivity contribution in [2.45, 2.75) is 13.0 Å². The minimum absolute atomic E-state index is 0.112. The molecule has 2 N–H and O–H groups in total. The van der Waals surface area contributed by atoms with Crippen LogP contribution in [0.25, 0.3) is 33.4 Å². The molecule has 5 rings (SSSR count). The second-order valence-electron chi connectivity index (χ2n) is 7.58. The molecule has 7 heteroatoms. The Morgan fingerprint density at radius 3 is 2.33 bits per heavy atom. The first-order chi connectivity index (χ1) is 16.2. The minimum Gasteiger partial charge on any atom is -0.493 e. The zero-order chi connectivity index (χ0) is 22.6. The highest BCUT2D eigenvalue weighted by Gasteiger charge is 2.14. The van der Waals surface area contributed by atoms with Gasteiger partial charge in [-0.1, -0.05) is 78.9 Å². The first kappa shape index (κ1) is 20.4. The molecule has 5 aromatic rings. The molecule has 0 saturated carbocycles. The van der Waals surface area contributed by atoms with E-state index in [1.807, 2.05) is 95.7 Å². The molecule has 33 heavy (non-hydrogen) atoms. The Bertz CT molecular complexity index is 1440. The number of azo groups is 1. The summed E-state index contributed by atoms with van der Waals surface area (Å²) in [6.07, 6.45) is 0.127. The molecule has 0 fully saturated rings. The van der Waals surface area contributed by atoms with Crippen LogP contribution in [0.1, 0.15) is 6.42 Å². The maximum Gasteiger partial charge on any atom is 0.266 e. The van der Waals surface area contributed by atoms with Crippen molar-refractivity contribution in [3.8, 4) is 28.4 Å². The van der Waals surface area contributed by atoms with E-state index in [1.165, 1.54) is 0 Å². The van der Waals surface area contributed by atoms with E-state index < -0.39 is 5.91 Å². The minimum atomic E-state index is -0.393. The van der Waals surface area contributed by atoms with Crippen molar-refractivity contribution in [3.63, 3.8) is 0 Å². The van der Waals surface area contributed by atoms with Crippen LogP contribution >= 0.6 is 0 Å². The summed E-state index contributed by atoms with van der Waals surface area (Å²) in [5.74, 6) is -0.505. The van der Waals surface area contributed by atoms with Gasteiger partial charge in [0.15, 0.2) is 5.69 Å². The number of nitrogens with one attached hydrogen (secondary N) is 1. The Morgan fingerprint density at radius 2 is 1.58 bits per heavy atom. The predicted octanol–water partition coefficient (Wildman–Crippen LogP) is 6.10. The van der Waals surface area contributed by atoms with Crippen LogP contribution in [0, 0.1) is 0 Å². The summed E-state index contributed by atoms with van der Waals surface area (Å²) in [5.41, 5.74) is 4.78. The van der Waals surface area contributed by atoms with Crippen molar-refractivity contribution >= 4 is 22.5 Å². The van der Waals surface area contributed by atoms with Crippen LogP contribution in [0.5, 0.6) is 5.88 Å². The van der Waals surface area contributed by atoms with Crippen LogP contribution in [0.4, 0.5) is 5.69 Å². The number of carbonyl (C=O) groups is 1. The van der Waals surface area contributed by atoms with E-state index >= 15 is 0 Å². The number of hydrogen-bond acceptors (Lipinski definition) is 4. The number of aryl methyl sites for hydroxylation is 1. The predicted molar refractivity (Wildman–Crippen MR) is 127 cm³/mol.